The highest BCUT2D eigenvalue weighted by Gasteiger charge is 2.17. The molecule has 0 aromatic heterocycles. The van der Waals surface area contributed by atoms with Crippen molar-refractivity contribution < 1.29 is 4.79 Å². The molecule has 2 rings (SSSR count). The minimum Gasteiger partial charge on any atom is -0.337 e. The van der Waals surface area contributed by atoms with Gasteiger partial charge in [0.15, 0.2) is 0 Å². The van der Waals surface area contributed by atoms with Gasteiger partial charge < -0.3 is 10.2 Å². The van der Waals surface area contributed by atoms with Gasteiger partial charge in [-0.15, -0.1) is 0 Å². The number of amides is 1. The van der Waals surface area contributed by atoms with E-state index in [2.05, 4.69) is 5.32 Å². The highest BCUT2D eigenvalue weighted by atomic mass is 35.5. The summed E-state index contributed by atoms with van der Waals surface area (Å²) >= 11 is 11.8. The second kappa shape index (κ2) is 5.71. The molecule has 5 heteroatoms. The maximum Gasteiger partial charge on any atom is 0.254 e. The Hall–Kier alpha value is -0.770. The van der Waals surface area contributed by atoms with E-state index in [1.54, 1.807) is 18.2 Å². The van der Waals surface area contributed by atoms with E-state index in [0.29, 0.717) is 15.6 Å². The minimum atomic E-state index is -0.00176. The van der Waals surface area contributed by atoms with Gasteiger partial charge in [-0.2, -0.15) is 0 Å². The number of nitrogens with one attached hydrogen (secondary N) is 1. The monoisotopic (exact) mass is 272 g/mol. The van der Waals surface area contributed by atoms with Gasteiger partial charge in [-0.05, 0) is 31.2 Å². The van der Waals surface area contributed by atoms with Crippen LogP contribution in [0.4, 0.5) is 0 Å². The van der Waals surface area contributed by atoms with Gasteiger partial charge in [0.2, 0.25) is 0 Å². The summed E-state index contributed by atoms with van der Waals surface area (Å²) in [7, 11) is 0. The molecule has 0 unspecified atom stereocenters. The zero-order valence-electron chi connectivity index (χ0n) is 9.38. The topological polar surface area (TPSA) is 32.3 Å². The lowest BCUT2D eigenvalue weighted by Crippen LogP contribution is -2.34. The van der Waals surface area contributed by atoms with Crippen LogP contribution in [0.25, 0.3) is 0 Å². The molecule has 0 saturated carbocycles. The Labute approximate surface area is 111 Å². The Balaban J connectivity index is 2.17. The fourth-order valence-corrected chi connectivity index (χ4v) is 2.43. The summed E-state index contributed by atoms with van der Waals surface area (Å²) < 4.78 is 0. The van der Waals surface area contributed by atoms with E-state index in [-0.39, 0.29) is 5.91 Å². The molecule has 1 aromatic carbocycles. The third-order valence-electron chi connectivity index (χ3n) is 2.74. The van der Waals surface area contributed by atoms with Crippen LogP contribution < -0.4 is 5.32 Å². The molecule has 1 aromatic rings. The van der Waals surface area contributed by atoms with Crippen molar-refractivity contribution in [3.8, 4) is 0 Å². The third kappa shape index (κ3) is 3.35. The lowest BCUT2D eigenvalue weighted by atomic mass is 10.2. The van der Waals surface area contributed by atoms with Crippen LogP contribution in [0, 0.1) is 0 Å². The smallest absolute Gasteiger partial charge is 0.254 e. The summed E-state index contributed by atoms with van der Waals surface area (Å²) in [6, 6.07) is 4.95. The molecule has 17 heavy (non-hydrogen) atoms. The van der Waals surface area contributed by atoms with Gasteiger partial charge in [0, 0.05) is 35.2 Å². The molecule has 1 amide bonds. The lowest BCUT2D eigenvalue weighted by Gasteiger charge is -2.20. The summed E-state index contributed by atoms with van der Waals surface area (Å²) in [5.41, 5.74) is 0.560. The van der Waals surface area contributed by atoms with Crippen LogP contribution in [0.2, 0.25) is 10.0 Å². The van der Waals surface area contributed by atoms with Crippen LogP contribution in [0.5, 0.6) is 0 Å². The van der Waals surface area contributed by atoms with Crippen molar-refractivity contribution in [2.24, 2.45) is 0 Å². The summed E-state index contributed by atoms with van der Waals surface area (Å²) in [4.78, 5) is 14.1. The number of nitrogens with zero attached hydrogens (tertiary/aromatic N) is 1. The Bertz CT molecular complexity index is 395. The zero-order valence-corrected chi connectivity index (χ0v) is 10.9. The Morgan fingerprint density at radius 2 is 1.82 bits per heavy atom. The first kappa shape index (κ1) is 12.7. The lowest BCUT2D eigenvalue weighted by molar-refractivity contribution is 0.0766. The van der Waals surface area contributed by atoms with Crippen molar-refractivity contribution in [3.05, 3.63) is 33.8 Å². The van der Waals surface area contributed by atoms with Gasteiger partial charge in [0.1, 0.15) is 0 Å². The van der Waals surface area contributed by atoms with Crippen LogP contribution in [0.15, 0.2) is 18.2 Å². The Morgan fingerprint density at radius 3 is 2.53 bits per heavy atom. The molecule has 0 radical (unpaired) electrons. The Kier molecular flexibility index (Phi) is 4.26. The standard InChI is InChI=1S/C12H14Cl2N2O/c13-10-6-9(7-11(14)8-10)12(17)16-4-1-2-15-3-5-16/h6-8,15H,1-5H2. The molecular weight excluding hydrogens is 259 g/mol. The van der Waals surface area contributed by atoms with Crippen LogP contribution in [-0.4, -0.2) is 37.0 Å². The maximum absolute atomic E-state index is 12.2. The number of hydrogen-bond donors (Lipinski definition) is 1. The molecule has 1 aliphatic heterocycles. The van der Waals surface area contributed by atoms with Gasteiger partial charge in [0.05, 0.1) is 0 Å². The number of carbonyl (C=O) groups is 1. The number of rotatable bonds is 1. The van der Waals surface area contributed by atoms with E-state index in [9.17, 15) is 4.79 Å². The first-order valence-electron chi connectivity index (χ1n) is 5.63. The van der Waals surface area contributed by atoms with Crippen LogP contribution >= 0.6 is 23.2 Å². The minimum absolute atomic E-state index is 0.00176. The number of halogens is 2. The third-order valence-corrected chi connectivity index (χ3v) is 3.17. The fraction of sp³-hybridized carbons (Fsp3) is 0.417. The number of benzene rings is 1. The normalized spacial score (nSPS) is 16.7. The molecule has 1 aliphatic rings. The van der Waals surface area contributed by atoms with Crippen LogP contribution in [-0.2, 0) is 0 Å². The molecule has 0 atom stereocenters. The fourth-order valence-electron chi connectivity index (χ4n) is 1.91. The molecule has 0 bridgehead atoms. The molecule has 1 saturated heterocycles. The predicted molar refractivity (Wildman–Crippen MR) is 69.9 cm³/mol. The molecule has 92 valence electrons. The first-order chi connectivity index (χ1) is 8.16. The van der Waals surface area contributed by atoms with Crippen LogP contribution in [0.3, 0.4) is 0 Å². The predicted octanol–water partition coefficient (Wildman–Crippen LogP) is 2.43. The van der Waals surface area contributed by atoms with Crippen molar-refractivity contribution in [3.63, 3.8) is 0 Å². The van der Waals surface area contributed by atoms with E-state index in [1.165, 1.54) is 0 Å². The van der Waals surface area contributed by atoms with Crippen molar-refractivity contribution in [1.82, 2.24) is 10.2 Å². The first-order valence-corrected chi connectivity index (χ1v) is 6.38. The molecule has 0 spiro atoms. The number of carbonyl (C=O) groups excluding carboxylic acids is 1. The molecule has 1 N–H and O–H groups in total. The second-order valence-corrected chi connectivity index (χ2v) is 4.93. The molecule has 1 heterocycles. The van der Waals surface area contributed by atoms with Gasteiger partial charge in [-0.3, -0.25) is 4.79 Å². The molecule has 3 nitrogen and oxygen atoms in total. The van der Waals surface area contributed by atoms with Gasteiger partial charge in [-0.1, -0.05) is 23.2 Å². The van der Waals surface area contributed by atoms with E-state index >= 15 is 0 Å². The highest BCUT2D eigenvalue weighted by Crippen LogP contribution is 2.20. The second-order valence-electron chi connectivity index (χ2n) is 4.05. The summed E-state index contributed by atoms with van der Waals surface area (Å²) in [5, 5.41) is 4.25. The Morgan fingerprint density at radius 1 is 1.12 bits per heavy atom. The SMILES string of the molecule is O=C(c1cc(Cl)cc(Cl)c1)N1CCCNCC1. The molecule has 1 fully saturated rings. The highest BCUT2D eigenvalue weighted by molar-refractivity contribution is 6.35. The molecule has 0 aliphatic carbocycles. The van der Waals surface area contributed by atoms with Crippen LogP contribution in [0.1, 0.15) is 16.8 Å². The average Bonchev–Trinajstić information content (AvgIpc) is 2.55. The zero-order chi connectivity index (χ0) is 12.3. The summed E-state index contributed by atoms with van der Waals surface area (Å²) in [6.07, 6.45) is 0.972. The van der Waals surface area contributed by atoms with E-state index in [0.717, 1.165) is 32.6 Å². The summed E-state index contributed by atoms with van der Waals surface area (Å²) in [5.74, 6) is -0.00176. The van der Waals surface area contributed by atoms with E-state index < -0.39 is 0 Å². The van der Waals surface area contributed by atoms with Crippen molar-refractivity contribution in [1.29, 1.82) is 0 Å². The largest absolute Gasteiger partial charge is 0.337 e. The van der Waals surface area contributed by atoms with Gasteiger partial charge >= 0.3 is 0 Å². The van der Waals surface area contributed by atoms with E-state index in [4.69, 9.17) is 23.2 Å². The van der Waals surface area contributed by atoms with Gasteiger partial charge in [-0.25, -0.2) is 0 Å². The molecular formula is C12H14Cl2N2O. The van der Waals surface area contributed by atoms with Crippen molar-refractivity contribution in [2.45, 2.75) is 6.42 Å². The van der Waals surface area contributed by atoms with Crippen molar-refractivity contribution >= 4 is 29.1 Å². The van der Waals surface area contributed by atoms with Gasteiger partial charge in [0.25, 0.3) is 5.91 Å². The number of hydrogen-bond acceptors (Lipinski definition) is 2. The van der Waals surface area contributed by atoms with Crippen molar-refractivity contribution in [2.75, 3.05) is 26.2 Å². The maximum atomic E-state index is 12.2. The summed E-state index contributed by atoms with van der Waals surface area (Å²) in [6.45, 7) is 3.29. The van der Waals surface area contributed by atoms with E-state index in [1.807, 2.05) is 4.90 Å². The average molecular weight is 273 g/mol. The quantitative estimate of drug-likeness (QED) is 0.852.